The molecule has 0 aliphatic carbocycles. The minimum Gasteiger partial charge on any atom is -0.267 e. The fraction of sp³-hybridized carbons (Fsp3) is 0.200. The number of carbonyl (C=O) groups is 1. The van der Waals surface area contributed by atoms with E-state index in [-0.39, 0.29) is 5.56 Å². The summed E-state index contributed by atoms with van der Waals surface area (Å²) in [6, 6.07) is 5.68. The zero-order chi connectivity index (χ0) is 13.1. The summed E-state index contributed by atoms with van der Waals surface area (Å²) in [5, 5.41) is 3.38. The van der Waals surface area contributed by atoms with E-state index in [0.717, 1.165) is 6.92 Å². The summed E-state index contributed by atoms with van der Waals surface area (Å²) in [5.41, 5.74) is 0.860. The Labute approximate surface area is 100 Å². The summed E-state index contributed by atoms with van der Waals surface area (Å²) in [5.74, 6) is -0.731. The number of amides is 1. The highest BCUT2D eigenvalue weighted by atomic mass is 35.5. The summed E-state index contributed by atoms with van der Waals surface area (Å²) in [6.45, 7) is 0.766. The number of benzene rings is 1. The monoisotopic (exact) mass is 264 g/mol. The maximum absolute atomic E-state index is 12.1. The van der Waals surface area contributed by atoms with Crippen LogP contribution in [0.2, 0.25) is 5.02 Å². The molecule has 0 aromatic heterocycles. The first-order chi connectivity index (χ1) is 7.80. The number of hydrogen-bond donors (Lipinski definition) is 1. The number of carbonyl (C=O) groups excluding carboxylic acids is 1. The Morgan fingerprint density at radius 1 is 1.29 bits per heavy atom. The third-order valence-corrected chi connectivity index (χ3v) is 2.09. The molecule has 1 aromatic rings. The summed E-state index contributed by atoms with van der Waals surface area (Å²) in [4.78, 5) is 11.4. The predicted molar refractivity (Wildman–Crippen MR) is 58.1 cm³/mol. The van der Waals surface area contributed by atoms with Gasteiger partial charge in [-0.15, -0.1) is 0 Å². The summed E-state index contributed by atoms with van der Waals surface area (Å²) in [7, 11) is 0. The lowest BCUT2D eigenvalue weighted by molar-refractivity contribution is -0.0595. The molecule has 0 bridgehead atoms. The second kappa shape index (κ2) is 5.18. The van der Waals surface area contributed by atoms with Gasteiger partial charge in [0.1, 0.15) is 5.71 Å². The second-order valence-corrected chi connectivity index (χ2v) is 3.58. The summed E-state index contributed by atoms with van der Waals surface area (Å²) >= 11 is 5.60. The second-order valence-electron chi connectivity index (χ2n) is 3.14. The van der Waals surface area contributed by atoms with Gasteiger partial charge in [0.05, 0.1) is 0 Å². The van der Waals surface area contributed by atoms with E-state index in [1.807, 2.05) is 5.43 Å². The summed E-state index contributed by atoms with van der Waals surface area (Å²) < 4.78 is 36.2. The predicted octanol–water partition coefficient (Wildman–Crippen LogP) is 3.01. The Bertz CT molecular complexity index is 440. The van der Waals surface area contributed by atoms with Gasteiger partial charge in [-0.1, -0.05) is 11.6 Å². The van der Waals surface area contributed by atoms with Crippen molar-refractivity contribution in [1.82, 2.24) is 5.43 Å². The Hall–Kier alpha value is -1.56. The third-order valence-electron chi connectivity index (χ3n) is 1.84. The van der Waals surface area contributed by atoms with E-state index in [1.54, 1.807) is 0 Å². The Kier molecular flexibility index (Phi) is 4.11. The normalized spacial score (nSPS) is 12.4. The number of halogens is 4. The van der Waals surface area contributed by atoms with Crippen molar-refractivity contribution in [1.29, 1.82) is 0 Å². The minimum atomic E-state index is -4.55. The molecular weight excluding hydrogens is 257 g/mol. The Balaban J connectivity index is 2.71. The third kappa shape index (κ3) is 4.07. The molecule has 1 N–H and O–H groups in total. The van der Waals surface area contributed by atoms with Gasteiger partial charge in [-0.25, -0.2) is 5.43 Å². The van der Waals surface area contributed by atoms with Crippen LogP contribution in [0.25, 0.3) is 0 Å². The van der Waals surface area contributed by atoms with Crippen LogP contribution in [0.5, 0.6) is 0 Å². The number of nitrogens with zero attached hydrogens (tertiary/aromatic N) is 1. The fourth-order valence-electron chi connectivity index (χ4n) is 0.864. The molecule has 0 heterocycles. The molecule has 0 saturated carbocycles. The molecule has 0 aliphatic rings. The molecule has 0 saturated heterocycles. The van der Waals surface area contributed by atoms with Crippen molar-refractivity contribution in [2.24, 2.45) is 5.10 Å². The molecule has 0 radical (unpaired) electrons. The highest BCUT2D eigenvalue weighted by molar-refractivity contribution is 6.30. The van der Waals surface area contributed by atoms with Crippen LogP contribution in [-0.2, 0) is 0 Å². The topological polar surface area (TPSA) is 41.5 Å². The van der Waals surface area contributed by atoms with Gasteiger partial charge in [0.15, 0.2) is 0 Å². The number of hydrazone groups is 1. The van der Waals surface area contributed by atoms with Gasteiger partial charge in [-0.3, -0.25) is 4.79 Å². The first-order valence-electron chi connectivity index (χ1n) is 4.48. The number of hydrogen-bond acceptors (Lipinski definition) is 2. The lowest BCUT2D eigenvalue weighted by Gasteiger charge is -2.05. The molecule has 3 nitrogen and oxygen atoms in total. The first-order valence-corrected chi connectivity index (χ1v) is 4.86. The van der Waals surface area contributed by atoms with Crippen molar-refractivity contribution < 1.29 is 18.0 Å². The van der Waals surface area contributed by atoms with Gasteiger partial charge in [0.25, 0.3) is 5.91 Å². The lowest BCUT2D eigenvalue weighted by atomic mass is 10.2. The van der Waals surface area contributed by atoms with Crippen molar-refractivity contribution in [3.63, 3.8) is 0 Å². The van der Waals surface area contributed by atoms with Gasteiger partial charge >= 0.3 is 6.18 Å². The SMILES string of the molecule is C/C(=N/NC(=O)c1ccc(Cl)cc1)C(F)(F)F. The smallest absolute Gasteiger partial charge is 0.267 e. The Morgan fingerprint density at radius 2 is 1.82 bits per heavy atom. The van der Waals surface area contributed by atoms with Crippen LogP contribution < -0.4 is 5.43 Å². The molecule has 0 spiro atoms. The van der Waals surface area contributed by atoms with Crippen molar-refractivity contribution >= 4 is 23.2 Å². The van der Waals surface area contributed by atoms with E-state index in [4.69, 9.17) is 11.6 Å². The van der Waals surface area contributed by atoms with E-state index in [1.165, 1.54) is 24.3 Å². The molecular formula is C10H8ClF3N2O. The zero-order valence-corrected chi connectivity index (χ0v) is 9.43. The number of rotatable bonds is 2. The molecule has 7 heteroatoms. The van der Waals surface area contributed by atoms with Crippen LogP contribution in [0, 0.1) is 0 Å². The Morgan fingerprint density at radius 3 is 2.29 bits per heavy atom. The van der Waals surface area contributed by atoms with Crippen molar-refractivity contribution in [3.05, 3.63) is 34.9 Å². The van der Waals surface area contributed by atoms with E-state index in [9.17, 15) is 18.0 Å². The van der Waals surface area contributed by atoms with Crippen LogP contribution in [-0.4, -0.2) is 17.8 Å². The number of alkyl halides is 3. The van der Waals surface area contributed by atoms with Gasteiger partial charge in [0.2, 0.25) is 0 Å². The minimum absolute atomic E-state index is 0.174. The van der Waals surface area contributed by atoms with E-state index >= 15 is 0 Å². The van der Waals surface area contributed by atoms with Gasteiger partial charge in [-0.05, 0) is 31.2 Å². The standard InChI is InChI=1S/C10H8ClF3N2O/c1-6(10(12,13)14)15-16-9(17)7-2-4-8(11)5-3-7/h2-5H,1H3,(H,16,17)/b15-6-. The molecule has 0 atom stereocenters. The van der Waals surface area contributed by atoms with Crippen LogP contribution in [0.1, 0.15) is 17.3 Å². The van der Waals surface area contributed by atoms with Crippen molar-refractivity contribution in [2.45, 2.75) is 13.1 Å². The molecule has 17 heavy (non-hydrogen) atoms. The van der Waals surface area contributed by atoms with Crippen LogP contribution in [0.4, 0.5) is 13.2 Å². The van der Waals surface area contributed by atoms with Crippen molar-refractivity contribution in [3.8, 4) is 0 Å². The highest BCUT2D eigenvalue weighted by Gasteiger charge is 2.32. The summed E-state index contributed by atoms with van der Waals surface area (Å²) in [6.07, 6.45) is -4.55. The average Bonchev–Trinajstić information content (AvgIpc) is 2.25. The first kappa shape index (κ1) is 13.5. The van der Waals surface area contributed by atoms with E-state index < -0.39 is 17.8 Å². The van der Waals surface area contributed by atoms with Gasteiger partial charge < -0.3 is 0 Å². The maximum Gasteiger partial charge on any atom is 0.430 e. The molecule has 1 aromatic carbocycles. The molecule has 92 valence electrons. The molecule has 0 fully saturated rings. The maximum atomic E-state index is 12.1. The average molecular weight is 265 g/mol. The zero-order valence-electron chi connectivity index (χ0n) is 8.68. The fourth-order valence-corrected chi connectivity index (χ4v) is 0.990. The molecule has 1 rings (SSSR count). The van der Waals surface area contributed by atoms with E-state index in [0.29, 0.717) is 5.02 Å². The van der Waals surface area contributed by atoms with Crippen LogP contribution in [0.3, 0.4) is 0 Å². The van der Waals surface area contributed by atoms with E-state index in [2.05, 4.69) is 5.10 Å². The largest absolute Gasteiger partial charge is 0.430 e. The quantitative estimate of drug-likeness (QED) is 0.647. The van der Waals surface area contributed by atoms with Crippen LogP contribution >= 0.6 is 11.6 Å². The molecule has 0 unspecified atom stereocenters. The molecule has 1 amide bonds. The number of nitrogens with one attached hydrogen (secondary N) is 1. The lowest BCUT2D eigenvalue weighted by Crippen LogP contribution is -2.26. The molecule has 0 aliphatic heterocycles. The van der Waals surface area contributed by atoms with Gasteiger partial charge in [0, 0.05) is 10.6 Å². The van der Waals surface area contributed by atoms with Gasteiger partial charge in [-0.2, -0.15) is 18.3 Å². The van der Waals surface area contributed by atoms with Crippen molar-refractivity contribution in [2.75, 3.05) is 0 Å². The van der Waals surface area contributed by atoms with Crippen LogP contribution in [0.15, 0.2) is 29.4 Å². The highest BCUT2D eigenvalue weighted by Crippen LogP contribution is 2.16.